The van der Waals surface area contributed by atoms with Crippen LogP contribution in [0.1, 0.15) is 12.5 Å². The predicted octanol–water partition coefficient (Wildman–Crippen LogP) is 2.31. The first kappa shape index (κ1) is 9.01. The van der Waals surface area contributed by atoms with Crippen LogP contribution in [0.5, 0.6) is 0 Å². The van der Waals surface area contributed by atoms with Gasteiger partial charge in [0.25, 0.3) is 0 Å². The van der Waals surface area contributed by atoms with E-state index in [2.05, 4.69) is 31.0 Å². The maximum absolute atomic E-state index is 4.03. The molecule has 0 spiro atoms. The number of nitrogens with one attached hydrogen (secondary N) is 1. The summed E-state index contributed by atoms with van der Waals surface area (Å²) in [6, 6.07) is 10.6. The van der Waals surface area contributed by atoms with E-state index in [1.54, 1.807) is 0 Å². The highest BCUT2D eigenvalue weighted by Crippen LogP contribution is 2.14. The molecule has 1 nitrogen and oxygen atoms in total. The Morgan fingerprint density at radius 1 is 1.33 bits per heavy atom. The minimum absolute atomic E-state index is 0.340. The van der Waals surface area contributed by atoms with Crippen molar-refractivity contribution < 1.29 is 0 Å². The van der Waals surface area contributed by atoms with Crippen molar-refractivity contribution in [3.63, 3.8) is 0 Å². The number of hydrogen-bond donors (Lipinski definition) is 1. The minimum atomic E-state index is 0.340. The molecule has 1 N–H and O–H groups in total. The molecule has 64 valence electrons. The van der Waals surface area contributed by atoms with Crippen LogP contribution in [0.25, 0.3) is 5.57 Å². The summed E-state index contributed by atoms with van der Waals surface area (Å²) in [5, 5.41) is 3.16. The molecule has 1 rings (SSSR count). The van der Waals surface area contributed by atoms with E-state index in [1.165, 1.54) is 5.56 Å². The van der Waals surface area contributed by atoms with Gasteiger partial charge < -0.3 is 5.32 Å². The summed E-state index contributed by atoms with van der Waals surface area (Å²) in [6.45, 7) is 6.14. The van der Waals surface area contributed by atoms with Gasteiger partial charge in [-0.2, -0.15) is 0 Å². The molecular formula is C11H15N. The van der Waals surface area contributed by atoms with E-state index in [0.29, 0.717) is 6.04 Å². The molecule has 0 saturated heterocycles. The Bertz CT molecular complexity index is 251. The van der Waals surface area contributed by atoms with Crippen molar-refractivity contribution in [2.24, 2.45) is 0 Å². The van der Waals surface area contributed by atoms with Crippen molar-refractivity contribution in [1.29, 1.82) is 0 Å². The Kier molecular flexibility index (Phi) is 3.06. The van der Waals surface area contributed by atoms with E-state index >= 15 is 0 Å². The van der Waals surface area contributed by atoms with Crippen molar-refractivity contribution in [2.75, 3.05) is 7.05 Å². The van der Waals surface area contributed by atoms with Crippen molar-refractivity contribution in [3.05, 3.63) is 42.5 Å². The first-order valence-corrected chi connectivity index (χ1v) is 4.17. The van der Waals surface area contributed by atoms with Gasteiger partial charge in [0.1, 0.15) is 0 Å². The highest BCUT2D eigenvalue weighted by Gasteiger charge is 2.04. The number of benzene rings is 1. The van der Waals surface area contributed by atoms with Crippen molar-refractivity contribution in [2.45, 2.75) is 13.0 Å². The van der Waals surface area contributed by atoms with Gasteiger partial charge in [0.05, 0.1) is 0 Å². The standard InChI is InChI=1S/C11H15N/c1-9(10(2)12-3)11-7-5-4-6-8-11/h4-8,10,12H,1H2,2-3H3/t10-/m0/s1. The van der Waals surface area contributed by atoms with E-state index in [1.807, 2.05) is 25.2 Å². The maximum atomic E-state index is 4.03. The smallest absolute Gasteiger partial charge is 0.0289 e. The average molecular weight is 161 g/mol. The zero-order valence-corrected chi connectivity index (χ0v) is 7.67. The fraction of sp³-hybridized carbons (Fsp3) is 0.273. The third-order valence-electron chi connectivity index (χ3n) is 2.10. The van der Waals surface area contributed by atoms with Gasteiger partial charge in [-0.05, 0) is 25.1 Å². The zero-order valence-electron chi connectivity index (χ0n) is 7.67. The molecule has 0 heterocycles. The van der Waals surface area contributed by atoms with E-state index in [-0.39, 0.29) is 0 Å². The molecule has 1 heteroatoms. The molecule has 0 saturated carbocycles. The van der Waals surface area contributed by atoms with E-state index < -0.39 is 0 Å². The zero-order chi connectivity index (χ0) is 8.97. The Balaban J connectivity index is 2.79. The lowest BCUT2D eigenvalue weighted by atomic mass is 10.0. The summed E-state index contributed by atoms with van der Waals surface area (Å²) < 4.78 is 0. The van der Waals surface area contributed by atoms with Gasteiger partial charge >= 0.3 is 0 Å². The van der Waals surface area contributed by atoms with Gasteiger partial charge in [-0.1, -0.05) is 36.9 Å². The molecule has 0 aliphatic heterocycles. The lowest BCUT2D eigenvalue weighted by Crippen LogP contribution is -2.21. The summed E-state index contributed by atoms with van der Waals surface area (Å²) in [4.78, 5) is 0. The Hall–Kier alpha value is -1.08. The van der Waals surface area contributed by atoms with Gasteiger partial charge in [0.15, 0.2) is 0 Å². The van der Waals surface area contributed by atoms with Crippen LogP contribution in [0, 0.1) is 0 Å². The van der Waals surface area contributed by atoms with Crippen LogP contribution in [-0.4, -0.2) is 13.1 Å². The molecule has 0 unspecified atom stereocenters. The van der Waals surface area contributed by atoms with Gasteiger partial charge in [-0.15, -0.1) is 0 Å². The normalized spacial score (nSPS) is 12.5. The molecule has 12 heavy (non-hydrogen) atoms. The maximum Gasteiger partial charge on any atom is 0.0289 e. The largest absolute Gasteiger partial charge is 0.313 e. The Labute approximate surface area is 74.1 Å². The molecule has 0 aromatic heterocycles. The summed E-state index contributed by atoms with van der Waals surface area (Å²) in [7, 11) is 1.94. The lowest BCUT2D eigenvalue weighted by Gasteiger charge is -2.13. The first-order valence-electron chi connectivity index (χ1n) is 4.17. The van der Waals surface area contributed by atoms with Gasteiger partial charge in [-0.25, -0.2) is 0 Å². The third-order valence-corrected chi connectivity index (χ3v) is 2.10. The Morgan fingerprint density at radius 2 is 1.92 bits per heavy atom. The first-order chi connectivity index (χ1) is 5.75. The molecule has 0 radical (unpaired) electrons. The second kappa shape index (κ2) is 4.07. The van der Waals surface area contributed by atoms with Crippen molar-refractivity contribution in [1.82, 2.24) is 5.32 Å². The summed E-state index contributed by atoms with van der Waals surface area (Å²) in [5.41, 5.74) is 2.34. The summed E-state index contributed by atoms with van der Waals surface area (Å²) >= 11 is 0. The Morgan fingerprint density at radius 3 is 2.42 bits per heavy atom. The molecule has 0 bridgehead atoms. The average Bonchev–Trinajstić information content (AvgIpc) is 2.17. The van der Waals surface area contributed by atoms with E-state index in [4.69, 9.17) is 0 Å². The quantitative estimate of drug-likeness (QED) is 0.717. The minimum Gasteiger partial charge on any atom is -0.313 e. The van der Waals surface area contributed by atoms with Gasteiger partial charge in [-0.3, -0.25) is 0 Å². The van der Waals surface area contributed by atoms with Crippen LogP contribution < -0.4 is 5.32 Å². The number of hydrogen-bond acceptors (Lipinski definition) is 1. The van der Waals surface area contributed by atoms with Crippen LogP contribution in [0.3, 0.4) is 0 Å². The van der Waals surface area contributed by atoms with Crippen LogP contribution >= 0.6 is 0 Å². The fourth-order valence-corrected chi connectivity index (χ4v) is 1.08. The molecule has 1 aromatic rings. The number of rotatable bonds is 3. The fourth-order valence-electron chi connectivity index (χ4n) is 1.08. The van der Waals surface area contributed by atoms with Crippen LogP contribution in [-0.2, 0) is 0 Å². The van der Waals surface area contributed by atoms with E-state index in [9.17, 15) is 0 Å². The predicted molar refractivity (Wildman–Crippen MR) is 54.0 cm³/mol. The molecular weight excluding hydrogens is 146 g/mol. The summed E-state index contributed by atoms with van der Waals surface area (Å²) in [6.07, 6.45) is 0. The molecule has 0 fully saturated rings. The van der Waals surface area contributed by atoms with Crippen LogP contribution in [0.15, 0.2) is 36.9 Å². The molecule has 0 amide bonds. The molecule has 0 aliphatic rings. The van der Waals surface area contributed by atoms with Crippen LogP contribution in [0.2, 0.25) is 0 Å². The topological polar surface area (TPSA) is 12.0 Å². The third kappa shape index (κ3) is 1.95. The molecule has 1 atom stereocenters. The second-order valence-corrected chi connectivity index (χ2v) is 2.90. The highest BCUT2D eigenvalue weighted by atomic mass is 14.9. The van der Waals surface area contributed by atoms with Crippen molar-refractivity contribution in [3.8, 4) is 0 Å². The monoisotopic (exact) mass is 161 g/mol. The highest BCUT2D eigenvalue weighted by molar-refractivity contribution is 5.66. The van der Waals surface area contributed by atoms with Crippen LogP contribution in [0.4, 0.5) is 0 Å². The second-order valence-electron chi connectivity index (χ2n) is 2.90. The summed E-state index contributed by atoms with van der Waals surface area (Å²) in [5.74, 6) is 0. The molecule has 0 aliphatic carbocycles. The van der Waals surface area contributed by atoms with Crippen molar-refractivity contribution >= 4 is 5.57 Å². The molecule has 1 aromatic carbocycles. The van der Waals surface area contributed by atoms with Gasteiger partial charge in [0.2, 0.25) is 0 Å². The number of likely N-dealkylation sites (N-methyl/N-ethyl adjacent to an activating group) is 1. The lowest BCUT2D eigenvalue weighted by molar-refractivity contribution is 0.746. The van der Waals surface area contributed by atoms with Gasteiger partial charge in [0, 0.05) is 6.04 Å². The van der Waals surface area contributed by atoms with E-state index in [0.717, 1.165) is 5.57 Å². The SMILES string of the molecule is C=C(c1ccccc1)[C@H](C)NC.